The Hall–Kier alpha value is -0.570. The van der Waals surface area contributed by atoms with Crippen molar-refractivity contribution in [3.8, 4) is 0 Å². The Morgan fingerprint density at radius 2 is 2.00 bits per heavy atom. The number of hydrogen-bond acceptors (Lipinski definition) is 3. The third kappa shape index (κ3) is 9.73. The van der Waals surface area contributed by atoms with E-state index in [1.54, 1.807) is 6.92 Å². The molecule has 1 N–H and O–H groups in total. The minimum Gasteiger partial charge on any atom is -0.466 e. The van der Waals surface area contributed by atoms with Crippen LogP contribution in [0.4, 0.5) is 0 Å². The maximum absolute atomic E-state index is 10.5. The first-order chi connectivity index (χ1) is 6.83. The summed E-state index contributed by atoms with van der Waals surface area (Å²) in [5.74, 6) is 0.391. The molecule has 0 saturated heterocycles. The van der Waals surface area contributed by atoms with Crippen molar-refractivity contribution >= 4 is 5.97 Å². The molecular weight excluding hydrogens is 192 g/mol. The predicted octanol–water partition coefficient (Wildman–Crippen LogP) is 2.52. The van der Waals surface area contributed by atoms with Gasteiger partial charge in [-0.25, -0.2) is 0 Å². The molecule has 0 aliphatic carbocycles. The first-order valence-corrected chi connectivity index (χ1v) is 5.69. The molecule has 0 aromatic heterocycles. The van der Waals surface area contributed by atoms with Crippen LogP contribution in [0.2, 0.25) is 0 Å². The largest absolute Gasteiger partial charge is 0.466 e. The van der Waals surface area contributed by atoms with Crippen LogP contribution in [0.3, 0.4) is 0 Å². The SMILES string of the molecule is CC(=O)OCC[C@@](C)(O)CCCC(C)C. The number of rotatable bonds is 7. The Bertz CT molecular complexity index is 185. The molecule has 0 aliphatic heterocycles. The van der Waals surface area contributed by atoms with Gasteiger partial charge in [-0.1, -0.05) is 26.7 Å². The van der Waals surface area contributed by atoms with Crippen LogP contribution in [-0.2, 0) is 9.53 Å². The van der Waals surface area contributed by atoms with Gasteiger partial charge in [0.2, 0.25) is 0 Å². The minimum atomic E-state index is -0.704. The van der Waals surface area contributed by atoms with Crippen LogP contribution in [-0.4, -0.2) is 23.3 Å². The summed E-state index contributed by atoms with van der Waals surface area (Å²) < 4.78 is 4.81. The van der Waals surface area contributed by atoms with Crippen molar-refractivity contribution in [3.63, 3.8) is 0 Å². The van der Waals surface area contributed by atoms with Crippen molar-refractivity contribution in [1.29, 1.82) is 0 Å². The quantitative estimate of drug-likeness (QED) is 0.665. The van der Waals surface area contributed by atoms with Crippen molar-refractivity contribution in [2.24, 2.45) is 5.92 Å². The molecule has 0 spiro atoms. The maximum Gasteiger partial charge on any atom is 0.302 e. The molecule has 0 radical (unpaired) electrons. The maximum atomic E-state index is 10.5. The lowest BCUT2D eigenvalue weighted by Crippen LogP contribution is -2.26. The van der Waals surface area contributed by atoms with E-state index in [0.29, 0.717) is 18.9 Å². The van der Waals surface area contributed by atoms with Crippen molar-refractivity contribution in [3.05, 3.63) is 0 Å². The van der Waals surface area contributed by atoms with E-state index >= 15 is 0 Å². The average molecular weight is 216 g/mol. The molecule has 0 aromatic rings. The summed E-state index contributed by atoms with van der Waals surface area (Å²) in [4.78, 5) is 10.5. The van der Waals surface area contributed by atoms with Gasteiger partial charge in [-0.2, -0.15) is 0 Å². The molecule has 0 amide bonds. The van der Waals surface area contributed by atoms with Gasteiger partial charge in [0.05, 0.1) is 12.2 Å². The summed E-state index contributed by atoms with van der Waals surface area (Å²) in [6.45, 7) is 7.84. The van der Waals surface area contributed by atoms with E-state index in [1.165, 1.54) is 6.92 Å². The predicted molar refractivity (Wildman–Crippen MR) is 60.6 cm³/mol. The first kappa shape index (κ1) is 14.4. The molecule has 0 unspecified atom stereocenters. The highest BCUT2D eigenvalue weighted by Gasteiger charge is 2.20. The van der Waals surface area contributed by atoms with Gasteiger partial charge in [-0.3, -0.25) is 4.79 Å². The molecule has 0 saturated carbocycles. The molecule has 3 nitrogen and oxygen atoms in total. The van der Waals surface area contributed by atoms with E-state index in [-0.39, 0.29) is 5.97 Å². The molecule has 3 heteroatoms. The van der Waals surface area contributed by atoms with Crippen LogP contribution in [0.15, 0.2) is 0 Å². The molecule has 0 bridgehead atoms. The summed E-state index contributed by atoms with van der Waals surface area (Å²) in [5.41, 5.74) is -0.704. The highest BCUT2D eigenvalue weighted by molar-refractivity contribution is 5.65. The van der Waals surface area contributed by atoms with Crippen LogP contribution in [0, 0.1) is 5.92 Å². The smallest absolute Gasteiger partial charge is 0.302 e. The Morgan fingerprint density at radius 1 is 1.40 bits per heavy atom. The number of carbonyl (C=O) groups is 1. The Morgan fingerprint density at radius 3 is 2.47 bits per heavy atom. The van der Waals surface area contributed by atoms with Gasteiger partial charge in [-0.15, -0.1) is 0 Å². The number of carbonyl (C=O) groups excluding carboxylic acids is 1. The second kappa shape index (κ2) is 6.83. The fourth-order valence-corrected chi connectivity index (χ4v) is 1.43. The van der Waals surface area contributed by atoms with Gasteiger partial charge < -0.3 is 9.84 Å². The summed E-state index contributed by atoms with van der Waals surface area (Å²) in [6.07, 6.45) is 3.44. The molecule has 0 aliphatic rings. The molecule has 0 fully saturated rings. The second-order valence-electron chi connectivity index (χ2n) is 4.87. The summed E-state index contributed by atoms with van der Waals surface area (Å²) in [6, 6.07) is 0. The monoisotopic (exact) mass is 216 g/mol. The van der Waals surface area contributed by atoms with Crippen molar-refractivity contribution in [2.45, 2.75) is 59.0 Å². The second-order valence-corrected chi connectivity index (χ2v) is 4.87. The van der Waals surface area contributed by atoms with E-state index in [9.17, 15) is 9.90 Å². The number of hydrogen-bond donors (Lipinski definition) is 1. The lowest BCUT2D eigenvalue weighted by molar-refractivity contribution is -0.142. The first-order valence-electron chi connectivity index (χ1n) is 5.69. The van der Waals surface area contributed by atoms with Crippen LogP contribution < -0.4 is 0 Å². The molecule has 0 rings (SSSR count). The highest BCUT2D eigenvalue weighted by atomic mass is 16.5. The fourth-order valence-electron chi connectivity index (χ4n) is 1.43. The lowest BCUT2D eigenvalue weighted by atomic mass is 9.93. The van der Waals surface area contributed by atoms with Gasteiger partial charge in [0.1, 0.15) is 0 Å². The van der Waals surface area contributed by atoms with Crippen LogP contribution in [0.25, 0.3) is 0 Å². The summed E-state index contributed by atoms with van der Waals surface area (Å²) in [7, 11) is 0. The summed E-state index contributed by atoms with van der Waals surface area (Å²) >= 11 is 0. The van der Waals surface area contributed by atoms with Crippen LogP contribution in [0.1, 0.15) is 53.4 Å². The van der Waals surface area contributed by atoms with Crippen molar-refractivity contribution < 1.29 is 14.6 Å². The fraction of sp³-hybridized carbons (Fsp3) is 0.917. The average Bonchev–Trinajstić information content (AvgIpc) is 2.01. The van der Waals surface area contributed by atoms with Crippen LogP contribution >= 0.6 is 0 Å². The van der Waals surface area contributed by atoms with E-state index in [1.807, 2.05) is 0 Å². The number of aliphatic hydroxyl groups is 1. The Labute approximate surface area is 92.8 Å². The van der Waals surface area contributed by atoms with E-state index in [4.69, 9.17) is 4.74 Å². The van der Waals surface area contributed by atoms with Crippen molar-refractivity contribution in [2.75, 3.05) is 6.61 Å². The molecule has 15 heavy (non-hydrogen) atoms. The molecular formula is C12H24O3. The molecule has 0 heterocycles. The zero-order valence-corrected chi connectivity index (χ0v) is 10.4. The summed E-state index contributed by atoms with van der Waals surface area (Å²) in [5, 5.41) is 9.95. The zero-order chi connectivity index (χ0) is 11.9. The minimum absolute atomic E-state index is 0.284. The number of esters is 1. The third-order valence-electron chi connectivity index (χ3n) is 2.44. The number of ether oxygens (including phenoxy) is 1. The highest BCUT2D eigenvalue weighted by Crippen LogP contribution is 2.19. The third-order valence-corrected chi connectivity index (χ3v) is 2.44. The van der Waals surface area contributed by atoms with Gasteiger partial charge in [0, 0.05) is 13.3 Å². The molecule has 1 atom stereocenters. The zero-order valence-electron chi connectivity index (χ0n) is 10.4. The molecule has 90 valence electrons. The van der Waals surface area contributed by atoms with Gasteiger partial charge in [-0.05, 0) is 19.3 Å². The van der Waals surface area contributed by atoms with Gasteiger partial charge in [0.15, 0.2) is 0 Å². The standard InChI is InChI=1S/C12H24O3/c1-10(2)6-5-7-12(4,14)8-9-15-11(3)13/h10,14H,5-9H2,1-4H3/t12-/m0/s1. The lowest BCUT2D eigenvalue weighted by Gasteiger charge is -2.23. The van der Waals surface area contributed by atoms with Crippen molar-refractivity contribution in [1.82, 2.24) is 0 Å². The van der Waals surface area contributed by atoms with E-state index < -0.39 is 5.60 Å². The molecule has 0 aromatic carbocycles. The van der Waals surface area contributed by atoms with E-state index in [2.05, 4.69) is 13.8 Å². The van der Waals surface area contributed by atoms with Gasteiger partial charge >= 0.3 is 5.97 Å². The van der Waals surface area contributed by atoms with Crippen LogP contribution in [0.5, 0.6) is 0 Å². The topological polar surface area (TPSA) is 46.5 Å². The van der Waals surface area contributed by atoms with Gasteiger partial charge in [0.25, 0.3) is 0 Å². The Kier molecular flexibility index (Phi) is 6.57. The normalized spacial score (nSPS) is 15.1. The van der Waals surface area contributed by atoms with E-state index in [0.717, 1.165) is 19.3 Å². The Balaban J connectivity index is 3.62.